The van der Waals surface area contributed by atoms with E-state index in [9.17, 15) is 4.79 Å². The van der Waals surface area contributed by atoms with Gasteiger partial charge in [-0.05, 0) is 60.4 Å². The van der Waals surface area contributed by atoms with Gasteiger partial charge < -0.3 is 10.2 Å². The van der Waals surface area contributed by atoms with Crippen LogP contribution in [0.25, 0.3) is 0 Å². The summed E-state index contributed by atoms with van der Waals surface area (Å²) in [6.07, 6.45) is 4.47. The molecule has 0 aromatic heterocycles. The van der Waals surface area contributed by atoms with Crippen molar-refractivity contribution < 1.29 is 4.79 Å². The van der Waals surface area contributed by atoms with Crippen molar-refractivity contribution in [1.29, 1.82) is 0 Å². The standard InChI is InChI=1S/C24H31N3O/c1-2-19-9-11-23(12-10-19)25-24(28)27-14-5-6-20(17-27)16-26-15-13-21-7-3-4-8-22(21)18-26/h3-4,7-12,20H,2,5-6,13-18H2,1H3,(H,25,28)/t20-/m0/s1. The van der Waals surface area contributed by atoms with Gasteiger partial charge in [0, 0.05) is 38.4 Å². The van der Waals surface area contributed by atoms with Crippen LogP contribution in [0.5, 0.6) is 0 Å². The number of fused-ring (bicyclic) bond motifs is 1. The maximum absolute atomic E-state index is 12.7. The van der Waals surface area contributed by atoms with Crippen LogP contribution in [0.2, 0.25) is 0 Å². The number of hydrogen-bond donors (Lipinski definition) is 1. The molecular formula is C24H31N3O. The zero-order valence-electron chi connectivity index (χ0n) is 16.9. The lowest BCUT2D eigenvalue weighted by Gasteiger charge is -2.37. The Morgan fingerprint density at radius 1 is 1.07 bits per heavy atom. The smallest absolute Gasteiger partial charge is 0.321 e. The Kier molecular flexibility index (Phi) is 5.96. The molecule has 4 nitrogen and oxygen atoms in total. The first-order chi connectivity index (χ1) is 13.7. The van der Waals surface area contributed by atoms with E-state index in [4.69, 9.17) is 0 Å². The molecule has 0 bridgehead atoms. The highest BCUT2D eigenvalue weighted by Crippen LogP contribution is 2.23. The van der Waals surface area contributed by atoms with Crippen molar-refractivity contribution in [2.24, 2.45) is 5.92 Å². The number of hydrogen-bond acceptors (Lipinski definition) is 2. The first kappa shape index (κ1) is 19.0. The number of likely N-dealkylation sites (tertiary alicyclic amines) is 1. The lowest BCUT2D eigenvalue weighted by molar-refractivity contribution is 0.140. The first-order valence-corrected chi connectivity index (χ1v) is 10.7. The lowest BCUT2D eigenvalue weighted by atomic mass is 9.95. The minimum absolute atomic E-state index is 0.0398. The average molecular weight is 378 g/mol. The second-order valence-electron chi connectivity index (χ2n) is 8.19. The highest BCUT2D eigenvalue weighted by atomic mass is 16.2. The number of piperidine rings is 1. The molecule has 4 heteroatoms. The summed E-state index contributed by atoms with van der Waals surface area (Å²) in [5.41, 5.74) is 5.14. The summed E-state index contributed by atoms with van der Waals surface area (Å²) in [6, 6.07) is 17.0. The number of carbonyl (C=O) groups is 1. The van der Waals surface area contributed by atoms with Crippen LogP contribution in [-0.4, -0.2) is 42.0 Å². The van der Waals surface area contributed by atoms with Gasteiger partial charge in [0.15, 0.2) is 0 Å². The Bertz CT molecular complexity index is 802. The molecule has 0 radical (unpaired) electrons. The molecule has 4 rings (SSSR count). The Hall–Kier alpha value is -2.33. The SMILES string of the molecule is CCc1ccc(NC(=O)N2CCC[C@@H](CN3CCc4ccccc4C3)C2)cc1. The van der Waals surface area contributed by atoms with Gasteiger partial charge in [0.2, 0.25) is 0 Å². The maximum Gasteiger partial charge on any atom is 0.321 e. The van der Waals surface area contributed by atoms with Crippen molar-refractivity contribution in [1.82, 2.24) is 9.80 Å². The zero-order chi connectivity index (χ0) is 19.3. The predicted molar refractivity (Wildman–Crippen MR) is 115 cm³/mol. The highest BCUT2D eigenvalue weighted by molar-refractivity contribution is 5.89. The molecule has 0 aliphatic carbocycles. The molecule has 1 fully saturated rings. The van der Waals surface area contributed by atoms with Gasteiger partial charge in [0.25, 0.3) is 0 Å². The van der Waals surface area contributed by atoms with Crippen molar-refractivity contribution in [3.63, 3.8) is 0 Å². The molecule has 1 atom stereocenters. The summed E-state index contributed by atoms with van der Waals surface area (Å²) < 4.78 is 0. The zero-order valence-corrected chi connectivity index (χ0v) is 16.9. The Morgan fingerprint density at radius 3 is 2.64 bits per heavy atom. The molecule has 28 heavy (non-hydrogen) atoms. The van der Waals surface area contributed by atoms with Crippen molar-refractivity contribution >= 4 is 11.7 Å². The topological polar surface area (TPSA) is 35.6 Å². The van der Waals surface area contributed by atoms with Crippen molar-refractivity contribution in [3.05, 3.63) is 65.2 Å². The highest BCUT2D eigenvalue weighted by Gasteiger charge is 2.26. The third kappa shape index (κ3) is 4.56. The number of urea groups is 1. The van der Waals surface area contributed by atoms with Gasteiger partial charge in [-0.2, -0.15) is 0 Å². The number of nitrogens with one attached hydrogen (secondary N) is 1. The Balaban J connectivity index is 1.31. The molecule has 1 N–H and O–H groups in total. The summed E-state index contributed by atoms with van der Waals surface area (Å²) in [5, 5.41) is 3.07. The van der Waals surface area contributed by atoms with E-state index >= 15 is 0 Å². The molecule has 2 aromatic rings. The minimum Gasteiger partial charge on any atom is -0.324 e. The molecular weight excluding hydrogens is 346 g/mol. The lowest BCUT2D eigenvalue weighted by Crippen LogP contribution is -2.46. The van der Waals surface area contributed by atoms with Gasteiger partial charge in [-0.15, -0.1) is 0 Å². The van der Waals surface area contributed by atoms with E-state index in [1.807, 2.05) is 17.0 Å². The second-order valence-corrected chi connectivity index (χ2v) is 8.19. The predicted octanol–water partition coefficient (Wildman–Crippen LogP) is 4.55. The quantitative estimate of drug-likeness (QED) is 0.848. The van der Waals surface area contributed by atoms with Crippen molar-refractivity contribution in [3.8, 4) is 0 Å². The van der Waals surface area contributed by atoms with Gasteiger partial charge in [0.1, 0.15) is 0 Å². The van der Waals surface area contributed by atoms with Crippen molar-refractivity contribution in [2.45, 2.75) is 39.2 Å². The largest absolute Gasteiger partial charge is 0.324 e. The van der Waals surface area contributed by atoms with E-state index < -0.39 is 0 Å². The van der Waals surface area contributed by atoms with E-state index in [0.29, 0.717) is 5.92 Å². The fourth-order valence-electron chi connectivity index (χ4n) is 4.50. The van der Waals surface area contributed by atoms with E-state index in [1.54, 1.807) is 0 Å². The summed E-state index contributed by atoms with van der Waals surface area (Å²) in [5.74, 6) is 0.562. The number of amides is 2. The summed E-state index contributed by atoms with van der Waals surface area (Å²) >= 11 is 0. The van der Waals surface area contributed by atoms with Gasteiger partial charge in [-0.25, -0.2) is 4.79 Å². The molecule has 1 saturated heterocycles. The number of aryl methyl sites for hydroxylation is 1. The molecule has 2 heterocycles. The minimum atomic E-state index is 0.0398. The normalized spacial score (nSPS) is 19.9. The second kappa shape index (κ2) is 8.78. The molecule has 0 saturated carbocycles. The van der Waals surface area contributed by atoms with Gasteiger partial charge >= 0.3 is 6.03 Å². The third-order valence-electron chi connectivity index (χ3n) is 6.15. The fourth-order valence-corrected chi connectivity index (χ4v) is 4.50. The van der Waals surface area contributed by atoms with Gasteiger partial charge in [-0.3, -0.25) is 4.90 Å². The number of nitrogens with zero attached hydrogens (tertiary/aromatic N) is 2. The summed E-state index contributed by atoms with van der Waals surface area (Å²) in [6.45, 7) is 7.12. The maximum atomic E-state index is 12.7. The van der Waals surface area contributed by atoms with Gasteiger partial charge in [0.05, 0.1) is 0 Å². The first-order valence-electron chi connectivity index (χ1n) is 10.7. The summed E-state index contributed by atoms with van der Waals surface area (Å²) in [7, 11) is 0. The van der Waals surface area contributed by atoms with E-state index in [2.05, 4.69) is 53.5 Å². The average Bonchev–Trinajstić information content (AvgIpc) is 2.74. The van der Waals surface area contributed by atoms with E-state index in [1.165, 1.54) is 23.1 Å². The van der Waals surface area contributed by atoms with Crippen LogP contribution in [-0.2, 0) is 19.4 Å². The number of rotatable bonds is 4. The molecule has 2 aliphatic rings. The molecule has 2 amide bonds. The van der Waals surface area contributed by atoms with Crippen LogP contribution >= 0.6 is 0 Å². The van der Waals surface area contributed by atoms with Crippen molar-refractivity contribution in [2.75, 3.05) is 31.5 Å². The fraction of sp³-hybridized carbons (Fsp3) is 0.458. The van der Waals surface area contributed by atoms with Crippen LogP contribution in [0, 0.1) is 5.92 Å². The number of carbonyl (C=O) groups excluding carboxylic acids is 1. The third-order valence-corrected chi connectivity index (χ3v) is 6.15. The van der Waals surface area contributed by atoms with Gasteiger partial charge in [-0.1, -0.05) is 43.3 Å². The van der Waals surface area contributed by atoms with Crippen LogP contribution in [0.3, 0.4) is 0 Å². The molecule has 0 spiro atoms. The monoisotopic (exact) mass is 377 g/mol. The Morgan fingerprint density at radius 2 is 1.86 bits per heavy atom. The Labute approximate surface area is 168 Å². The molecule has 2 aliphatic heterocycles. The van der Waals surface area contributed by atoms with Crippen LogP contribution in [0.4, 0.5) is 10.5 Å². The number of anilines is 1. The van der Waals surface area contributed by atoms with Crippen LogP contribution < -0.4 is 5.32 Å². The van der Waals surface area contributed by atoms with Crippen LogP contribution in [0.1, 0.15) is 36.5 Å². The molecule has 148 valence electrons. The molecule has 2 aromatic carbocycles. The molecule has 0 unspecified atom stereocenters. The number of benzene rings is 2. The van der Waals surface area contributed by atoms with E-state index in [-0.39, 0.29) is 6.03 Å². The van der Waals surface area contributed by atoms with E-state index in [0.717, 1.165) is 57.7 Å². The summed E-state index contributed by atoms with van der Waals surface area (Å²) in [4.78, 5) is 17.3. The van der Waals surface area contributed by atoms with Crippen LogP contribution in [0.15, 0.2) is 48.5 Å².